The van der Waals surface area contributed by atoms with Crippen LogP contribution in [0, 0.1) is 6.92 Å². The first-order valence-electron chi connectivity index (χ1n) is 8.17. The highest BCUT2D eigenvalue weighted by Crippen LogP contribution is 2.22. The van der Waals surface area contributed by atoms with Crippen molar-refractivity contribution in [3.8, 4) is 0 Å². The minimum atomic E-state index is -3.14. The first-order valence-corrected chi connectivity index (χ1v) is 9.99. The number of carbonyl (C=O) groups excluding carboxylic acids is 2. The lowest BCUT2D eigenvalue weighted by Crippen LogP contribution is -2.42. The first kappa shape index (κ1) is 17.6. The van der Waals surface area contributed by atoms with E-state index >= 15 is 0 Å². The second-order valence-corrected chi connectivity index (χ2v) is 8.64. The molecule has 2 heterocycles. The Labute approximate surface area is 146 Å². The van der Waals surface area contributed by atoms with Gasteiger partial charge in [0.1, 0.15) is 12.3 Å². The number of nitrogens with zero attached hydrogens (tertiary/aromatic N) is 2. The van der Waals surface area contributed by atoms with Crippen molar-refractivity contribution < 1.29 is 22.7 Å². The average Bonchev–Trinajstić information content (AvgIpc) is 2.93. The van der Waals surface area contributed by atoms with E-state index < -0.39 is 21.8 Å². The molecule has 1 aromatic rings. The van der Waals surface area contributed by atoms with Crippen LogP contribution in [0.2, 0.25) is 0 Å². The third kappa shape index (κ3) is 4.25. The summed E-state index contributed by atoms with van der Waals surface area (Å²) >= 11 is 0. The maximum Gasteiger partial charge on any atom is 0.354 e. The van der Waals surface area contributed by atoms with E-state index in [4.69, 9.17) is 4.74 Å². The molecule has 1 amide bonds. The summed E-state index contributed by atoms with van der Waals surface area (Å²) in [6.07, 6.45) is 0.694. The zero-order chi connectivity index (χ0) is 18.0. The van der Waals surface area contributed by atoms with Crippen molar-refractivity contribution in [2.75, 3.05) is 11.5 Å². The van der Waals surface area contributed by atoms with Crippen LogP contribution in [-0.2, 0) is 30.8 Å². The summed E-state index contributed by atoms with van der Waals surface area (Å²) in [6, 6.07) is 7.14. The van der Waals surface area contributed by atoms with E-state index in [1.807, 2.05) is 31.2 Å². The number of hydrogen-bond acceptors (Lipinski definition) is 6. The molecule has 0 bridgehead atoms. The third-order valence-electron chi connectivity index (χ3n) is 4.30. The minimum Gasteiger partial charge on any atom is -0.456 e. The monoisotopic (exact) mass is 364 g/mol. The van der Waals surface area contributed by atoms with E-state index in [1.54, 1.807) is 0 Å². The van der Waals surface area contributed by atoms with Crippen molar-refractivity contribution in [1.82, 2.24) is 5.01 Å². The van der Waals surface area contributed by atoms with Crippen LogP contribution in [0.15, 0.2) is 29.4 Å². The van der Waals surface area contributed by atoms with Gasteiger partial charge in [0.2, 0.25) is 5.91 Å². The van der Waals surface area contributed by atoms with Gasteiger partial charge in [0.15, 0.2) is 9.84 Å². The number of sulfone groups is 1. The molecule has 2 aliphatic rings. The van der Waals surface area contributed by atoms with Crippen molar-refractivity contribution in [1.29, 1.82) is 0 Å². The maximum absolute atomic E-state index is 12.2. The maximum atomic E-state index is 12.2. The largest absolute Gasteiger partial charge is 0.456 e. The SMILES string of the molecule is Cc1cccc(COC(=O)C2=NN([C@H]3CCS(=O)(=O)C3)C(=O)CC2)c1. The Hall–Kier alpha value is -2.22. The Bertz CT molecular complexity index is 831. The molecule has 1 saturated heterocycles. The van der Waals surface area contributed by atoms with Gasteiger partial charge in [-0.25, -0.2) is 18.2 Å². The van der Waals surface area contributed by atoms with Gasteiger partial charge in [-0.15, -0.1) is 0 Å². The second kappa shape index (κ2) is 6.95. The number of esters is 1. The van der Waals surface area contributed by atoms with Crippen LogP contribution in [0.3, 0.4) is 0 Å². The summed E-state index contributed by atoms with van der Waals surface area (Å²) < 4.78 is 28.5. The van der Waals surface area contributed by atoms with Gasteiger partial charge in [0.05, 0.1) is 17.5 Å². The van der Waals surface area contributed by atoms with E-state index in [-0.39, 0.29) is 42.6 Å². The molecule has 2 aliphatic heterocycles. The van der Waals surface area contributed by atoms with E-state index in [9.17, 15) is 18.0 Å². The van der Waals surface area contributed by atoms with Gasteiger partial charge in [-0.1, -0.05) is 29.8 Å². The molecule has 3 rings (SSSR count). The van der Waals surface area contributed by atoms with E-state index in [2.05, 4.69) is 5.10 Å². The van der Waals surface area contributed by atoms with Gasteiger partial charge in [0, 0.05) is 12.8 Å². The van der Waals surface area contributed by atoms with E-state index in [1.165, 1.54) is 0 Å². The normalized spacial score (nSPS) is 22.6. The van der Waals surface area contributed by atoms with E-state index in [0.717, 1.165) is 16.1 Å². The van der Waals surface area contributed by atoms with Gasteiger partial charge in [0.25, 0.3) is 0 Å². The number of ether oxygens (including phenoxy) is 1. The molecule has 0 unspecified atom stereocenters. The Morgan fingerprint density at radius 3 is 2.84 bits per heavy atom. The summed E-state index contributed by atoms with van der Waals surface area (Å²) in [5.41, 5.74) is 2.11. The molecular weight excluding hydrogens is 344 g/mol. The lowest BCUT2D eigenvalue weighted by atomic mass is 10.1. The first-order chi connectivity index (χ1) is 11.8. The van der Waals surface area contributed by atoms with Crippen LogP contribution in [0.25, 0.3) is 0 Å². The van der Waals surface area contributed by atoms with Gasteiger partial charge < -0.3 is 4.74 Å². The number of hydrazone groups is 1. The van der Waals surface area contributed by atoms with Crippen molar-refractivity contribution in [3.05, 3.63) is 35.4 Å². The molecule has 1 aromatic carbocycles. The zero-order valence-electron chi connectivity index (χ0n) is 14.0. The molecule has 7 nitrogen and oxygen atoms in total. The molecule has 1 fully saturated rings. The highest BCUT2D eigenvalue weighted by atomic mass is 32.2. The number of hydrogen-bond donors (Lipinski definition) is 0. The van der Waals surface area contributed by atoms with Crippen LogP contribution >= 0.6 is 0 Å². The molecule has 0 aliphatic carbocycles. The van der Waals surface area contributed by atoms with Crippen molar-refractivity contribution in [2.45, 2.75) is 38.8 Å². The summed E-state index contributed by atoms with van der Waals surface area (Å²) in [7, 11) is -3.14. The summed E-state index contributed by atoms with van der Waals surface area (Å²) in [4.78, 5) is 24.3. The number of carbonyl (C=O) groups is 2. The second-order valence-electron chi connectivity index (χ2n) is 6.41. The lowest BCUT2D eigenvalue weighted by Gasteiger charge is -2.27. The number of amides is 1. The number of benzene rings is 1. The predicted octanol–water partition coefficient (Wildman–Crippen LogP) is 1.20. The number of rotatable bonds is 4. The topological polar surface area (TPSA) is 93.1 Å². The van der Waals surface area contributed by atoms with Crippen molar-refractivity contribution in [2.24, 2.45) is 5.10 Å². The minimum absolute atomic E-state index is 0.0457. The smallest absolute Gasteiger partial charge is 0.354 e. The van der Waals surface area contributed by atoms with Gasteiger partial charge in [-0.2, -0.15) is 5.10 Å². The molecule has 8 heteroatoms. The summed E-state index contributed by atoms with van der Waals surface area (Å²) in [6.45, 7) is 2.08. The van der Waals surface area contributed by atoms with Crippen molar-refractivity contribution >= 4 is 27.4 Å². The Balaban J connectivity index is 1.67. The fourth-order valence-corrected chi connectivity index (χ4v) is 4.70. The van der Waals surface area contributed by atoms with Gasteiger partial charge in [-0.3, -0.25) is 4.79 Å². The van der Waals surface area contributed by atoms with Crippen LogP contribution in [0.1, 0.15) is 30.4 Å². The third-order valence-corrected chi connectivity index (χ3v) is 6.05. The highest BCUT2D eigenvalue weighted by molar-refractivity contribution is 7.91. The Morgan fingerprint density at radius 1 is 1.36 bits per heavy atom. The Kier molecular flexibility index (Phi) is 4.89. The molecule has 25 heavy (non-hydrogen) atoms. The number of aryl methyl sites for hydroxylation is 1. The quantitative estimate of drug-likeness (QED) is 0.749. The molecule has 0 aromatic heterocycles. The molecule has 134 valence electrons. The molecule has 0 radical (unpaired) electrons. The summed E-state index contributed by atoms with van der Waals surface area (Å²) in [5.74, 6) is -0.880. The summed E-state index contributed by atoms with van der Waals surface area (Å²) in [5, 5.41) is 5.27. The fraction of sp³-hybridized carbons (Fsp3) is 0.471. The fourth-order valence-electron chi connectivity index (χ4n) is 3.01. The van der Waals surface area contributed by atoms with E-state index in [0.29, 0.717) is 6.42 Å². The van der Waals surface area contributed by atoms with Crippen LogP contribution in [0.4, 0.5) is 0 Å². The molecule has 1 atom stereocenters. The Morgan fingerprint density at radius 2 is 2.16 bits per heavy atom. The average molecular weight is 364 g/mol. The standard InChI is InChI=1S/C17H20N2O5S/c1-12-3-2-4-13(9-12)10-24-17(21)15-5-6-16(20)19(18-15)14-7-8-25(22,23)11-14/h2-4,9,14H,5-8,10-11H2,1H3/t14-/m0/s1. The van der Waals surface area contributed by atoms with Crippen molar-refractivity contribution in [3.63, 3.8) is 0 Å². The zero-order valence-corrected chi connectivity index (χ0v) is 14.8. The molecular formula is C17H20N2O5S. The predicted molar refractivity (Wildman–Crippen MR) is 91.5 cm³/mol. The van der Waals surface area contributed by atoms with Crippen LogP contribution in [-0.4, -0.2) is 48.6 Å². The van der Waals surface area contributed by atoms with Crippen LogP contribution in [0.5, 0.6) is 0 Å². The highest BCUT2D eigenvalue weighted by Gasteiger charge is 2.37. The van der Waals surface area contributed by atoms with Gasteiger partial charge in [-0.05, 0) is 18.9 Å². The lowest BCUT2D eigenvalue weighted by molar-refractivity contribution is -0.138. The molecule has 0 spiro atoms. The van der Waals surface area contributed by atoms with Crippen LogP contribution < -0.4 is 0 Å². The molecule has 0 saturated carbocycles. The molecule has 0 N–H and O–H groups in total. The van der Waals surface area contributed by atoms with Gasteiger partial charge >= 0.3 is 5.97 Å².